The molecule has 4 heteroatoms. The van der Waals surface area contributed by atoms with Crippen molar-refractivity contribution >= 4 is 32.3 Å². The van der Waals surface area contributed by atoms with E-state index in [9.17, 15) is 5.11 Å². The zero-order valence-corrected chi connectivity index (χ0v) is 11.3. The third kappa shape index (κ3) is 2.37. The van der Waals surface area contributed by atoms with E-state index in [-0.39, 0.29) is 5.41 Å². The van der Waals surface area contributed by atoms with E-state index in [0.717, 1.165) is 10.3 Å². The van der Waals surface area contributed by atoms with Crippen molar-refractivity contribution in [2.24, 2.45) is 5.41 Å². The third-order valence-electron chi connectivity index (χ3n) is 3.26. The Hall–Kier alpha value is -0.0600. The van der Waals surface area contributed by atoms with Gasteiger partial charge in [-0.15, -0.1) is 11.3 Å². The van der Waals surface area contributed by atoms with Crippen molar-refractivity contribution in [3.05, 3.63) is 15.9 Å². The molecule has 1 fully saturated rings. The lowest BCUT2D eigenvalue weighted by Gasteiger charge is -2.43. The van der Waals surface area contributed by atoms with Gasteiger partial charge in [-0.25, -0.2) is 0 Å². The highest BCUT2D eigenvalue weighted by atomic mass is 79.9. The molecule has 0 bridgehead atoms. The van der Waals surface area contributed by atoms with E-state index in [1.54, 1.807) is 11.3 Å². The Labute approximate surface area is 103 Å². The molecule has 2 nitrogen and oxygen atoms in total. The monoisotopic (exact) mass is 289 g/mol. The molecule has 1 saturated carbocycles. The summed E-state index contributed by atoms with van der Waals surface area (Å²) in [5.74, 6) is 0. The number of halogens is 1. The van der Waals surface area contributed by atoms with E-state index in [1.807, 2.05) is 0 Å². The molecule has 1 aromatic rings. The van der Waals surface area contributed by atoms with Crippen LogP contribution in [-0.2, 0) is 0 Å². The minimum absolute atomic E-state index is 0.172. The van der Waals surface area contributed by atoms with Gasteiger partial charge in [-0.1, -0.05) is 6.42 Å². The Kier molecular flexibility index (Phi) is 3.38. The van der Waals surface area contributed by atoms with E-state index in [1.165, 1.54) is 24.3 Å². The van der Waals surface area contributed by atoms with Gasteiger partial charge in [0, 0.05) is 19.0 Å². The summed E-state index contributed by atoms with van der Waals surface area (Å²) in [6.07, 6.45) is 3.60. The van der Waals surface area contributed by atoms with Gasteiger partial charge in [0.25, 0.3) is 0 Å². The van der Waals surface area contributed by atoms with Gasteiger partial charge in [-0.2, -0.15) is 0 Å². The predicted octanol–water partition coefficient (Wildman–Crippen LogP) is 3.11. The van der Waals surface area contributed by atoms with Crippen molar-refractivity contribution in [2.75, 3.05) is 25.1 Å². The molecule has 1 N–H and O–H groups in total. The molecule has 0 aliphatic heterocycles. The van der Waals surface area contributed by atoms with Gasteiger partial charge in [0.15, 0.2) is 0 Å². The van der Waals surface area contributed by atoms with Gasteiger partial charge >= 0.3 is 0 Å². The van der Waals surface area contributed by atoms with Crippen molar-refractivity contribution in [3.8, 4) is 0 Å². The van der Waals surface area contributed by atoms with E-state index in [0.29, 0.717) is 6.61 Å². The fourth-order valence-electron chi connectivity index (χ4n) is 2.13. The lowest BCUT2D eigenvalue weighted by molar-refractivity contribution is 0.0525. The van der Waals surface area contributed by atoms with Crippen LogP contribution in [-0.4, -0.2) is 25.3 Å². The standard InChI is InChI=1S/C11H16BrNOS/c1-13(10-4-3-9(12)15-10)7-11(8-14)5-2-6-11/h3-4,14H,2,5-8H2,1H3. The third-order valence-corrected chi connectivity index (χ3v) is 5.00. The quantitative estimate of drug-likeness (QED) is 0.921. The summed E-state index contributed by atoms with van der Waals surface area (Å²) < 4.78 is 1.16. The highest BCUT2D eigenvalue weighted by Gasteiger charge is 2.37. The first-order chi connectivity index (χ1) is 7.15. The topological polar surface area (TPSA) is 23.5 Å². The Morgan fingerprint density at radius 3 is 2.67 bits per heavy atom. The van der Waals surface area contributed by atoms with Crippen molar-refractivity contribution in [1.29, 1.82) is 0 Å². The van der Waals surface area contributed by atoms with Crippen LogP contribution in [0.3, 0.4) is 0 Å². The smallest absolute Gasteiger partial charge is 0.0917 e. The maximum atomic E-state index is 9.41. The van der Waals surface area contributed by atoms with Crippen molar-refractivity contribution in [2.45, 2.75) is 19.3 Å². The van der Waals surface area contributed by atoms with Crippen LogP contribution in [0.15, 0.2) is 15.9 Å². The second-order valence-corrected chi connectivity index (χ2v) is 6.89. The predicted molar refractivity (Wildman–Crippen MR) is 68.7 cm³/mol. The summed E-state index contributed by atoms with van der Waals surface area (Å²) >= 11 is 5.21. The summed E-state index contributed by atoms with van der Waals surface area (Å²) in [7, 11) is 2.11. The van der Waals surface area contributed by atoms with Gasteiger partial charge in [0.05, 0.1) is 15.4 Å². The zero-order chi connectivity index (χ0) is 10.9. The summed E-state index contributed by atoms with van der Waals surface area (Å²) in [6.45, 7) is 1.29. The number of hydrogen-bond acceptors (Lipinski definition) is 3. The van der Waals surface area contributed by atoms with Gasteiger partial charge in [-0.05, 0) is 40.9 Å². The van der Waals surface area contributed by atoms with Crippen molar-refractivity contribution < 1.29 is 5.11 Å². The van der Waals surface area contributed by atoms with Crippen LogP contribution in [0.1, 0.15) is 19.3 Å². The molecule has 1 heterocycles. The van der Waals surface area contributed by atoms with E-state index < -0.39 is 0 Å². The molecule has 84 valence electrons. The normalized spacial score (nSPS) is 18.6. The molecule has 0 atom stereocenters. The van der Waals surface area contributed by atoms with Gasteiger partial charge in [0.1, 0.15) is 0 Å². The molecule has 15 heavy (non-hydrogen) atoms. The van der Waals surface area contributed by atoms with Crippen LogP contribution in [0, 0.1) is 5.41 Å². The van der Waals surface area contributed by atoms with Crippen LogP contribution in [0.2, 0.25) is 0 Å². The molecule has 0 saturated heterocycles. The van der Waals surface area contributed by atoms with Crippen molar-refractivity contribution in [1.82, 2.24) is 0 Å². The van der Waals surface area contributed by atoms with Gasteiger partial charge < -0.3 is 10.0 Å². The van der Waals surface area contributed by atoms with Gasteiger partial charge in [-0.3, -0.25) is 0 Å². The Morgan fingerprint density at radius 1 is 1.53 bits per heavy atom. The van der Waals surface area contributed by atoms with Gasteiger partial charge in [0.2, 0.25) is 0 Å². The minimum atomic E-state index is 0.172. The van der Waals surface area contributed by atoms with E-state index >= 15 is 0 Å². The molecule has 1 aliphatic carbocycles. The van der Waals surface area contributed by atoms with Crippen LogP contribution < -0.4 is 4.90 Å². The molecule has 0 unspecified atom stereocenters. The average molecular weight is 290 g/mol. The Balaban J connectivity index is 1.99. The second kappa shape index (κ2) is 4.44. The fourth-order valence-corrected chi connectivity index (χ4v) is 3.46. The molecular weight excluding hydrogens is 274 g/mol. The first-order valence-corrected chi connectivity index (χ1v) is 6.83. The fraction of sp³-hybridized carbons (Fsp3) is 0.636. The summed E-state index contributed by atoms with van der Waals surface area (Å²) in [5, 5.41) is 10.7. The number of hydrogen-bond donors (Lipinski definition) is 1. The molecular formula is C11H16BrNOS. The summed E-state index contributed by atoms with van der Waals surface area (Å²) in [6, 6.07) is 4.20. The van der Waals surface area contributed by atoms with Crippen molar-refractivity contribution in [3.63, 3.8) is 0 Å². The molecule has 0 radical (unpaired) electrons. The largest absolute Gasteiger partial charge is 0.396 e. The first kappa shape index (κ1) is 11.4. The zero-order valence-electron chi connectivity index (χ0n) is 8.87. The Morgan fingerprint density at radius 2 is 2.27 bits per heavy atom. The minimum Gasteiger partial charge on any atom is -0.396 e. The van der Waals surface area contributed by atoms with Crippen LogP contribution in [0.5, 0.6) is 0 Å². The first-order valence-electron chi connectivity index (χ1n) is 5.23. The number of nitrogens with zero attached hydrogens (tertiary/aromatic N) is 1. The molecule has 0 aromatic carbocycles. The lowest BCUT2D eigenvalue weighted by Crippen LogP contribution is -2.43. The molecule has 1 aromatic heterocycles. The SMILES string of the molecule is CN(CC1(CO)CCC1)c1ccc(Br)s1. The van der Waals surface area contributed by atoms with Crippen LogP contribution in [0.4, 0.5) is 5.00 Å². The maximum absolute atomic E-state index is 9.41. The van der Waals surface area contributed by atoms with Crippen LogP contribution >= 0.6 is 27.3 Å². The Bertz CT molecular complexity index is 330. The molecule has 0 amide bonds. The average Bonchev–Trinajstić information content (AvgIpc) is 2.58. The summed E-state index contributed by atoms with van der Waals surface area (Å²) in [4.78, 5) is 2.25. The molecule has 2 rings (SSSR count). The number of aliphatic hydroxyl groups is 1. The number of aliphatic hydroxyl groups excluding tert-OH is 1. The molecule has 0 spiro atoms. The lowest BCUT2D eigenvalue weighted by atomic mass is 9.69. The maximum Gasteiger partial charge on any atom is 0.0917 e. The highest BCUT2D eigenvalue weighted by Crippen LogP contribution is 2.42. The number of rotatable bonds is 4. The summed E-state index contributed by atoms with van der Waals surface area (Å²) in [5.41, 5.74) is 0.172. The number of anilines is 1. The number of thiophene rings is 1. The van der Waals surface area contributed by atoms with Crippen LogP contribution in [0.25, 0.3) is 0 Å². The van der Waals surface area contributed by atoms with E-state index in [4.69, 9.17) is 0 Å². The van der Waals surface area contributed by atoms with E-state index in [2.05, 4.69) is 40.0 Å². The molecule has 1 aliphatic rings. The highest BCUT2D eigenvalue weighted by molar-refractivity contribution is 9.11. The second-order valence-electron chi connectivity index (χ2n) is 4.45.